The molecule has 0 bridgehead atoms. The van der Waals surface area contributed by atoms with Crippen LogP contribution in [0.2, 0.25) is 0 Å². The SMILES string of the molecule is CCN(CC)S(=O)(=O)c1ccc(F)c(C(=O)Nc2nc3cc4c(cc3s2)OCCO4)c1. The summed E-state index contributed by atoms with van der Waals surface area (Å²) >= 11 is 1.19. The summed E-state index contributed by atoms with van der Waals surface area (Å²) in [4.78, 5) is 16.9. The van der Waals surface area contributed by atoms with E-state index in [4.69, 9.17) is 9.47 Å². The first kappa shape index (κ1) is 21.5. The number of anilines is 1. The highest BCUT2D eigenvalue weighted by atomic mass is 32.2. The molecule has 0 saturated heterocycles. The Morgan fingerprint density at radius 3 is 2.52 bits per heavy atom. The van der Waals surface area contributed by atoms with Gasteiger partial charge in [-0.15, -0.1) is 0 Å². The Labute approximate surface area is 182 Å². The zero-order valence-electron chi connectivity index (χ0n) is 16.8. The quantitative estimate of drug-likeness (QED) is 0.599. The highest BCUT2D eigenvalue weighted by molar-refractivity contribution is 7.89. The van der Waals surface area contributed by atoms with Gasteiger partial charge >= 0.3 is 0 Å². The van der Waals surface area contributed by atoms with Crippen molar-refractivity contribution in [2.75, 3.05) is 31.6 Å². The minimum atomic E-state index is -3.83. The van der Waals surface area contributed by atoms with E-state index in [9.17, 15) is 17.6 Å². The van der Waals surface area contributed by atoms with Gasteiger partial charge in [0.25, 0.3) is 5.91 Å². The number of carbonyl (C=O) groups excluding carboxylic acids is 1. The van der Waals surface area contributed by atoms with Gasteiger partial charge in [0, 0.05) is 25.2 Å². The van der Waals surface area contributed by atoms with Gasteiger partial charge in [-0.25, -0.2) is 17.8 Å². The molecule has 0 spiro atoms. The number of benzene rings is 2. The van der Waals surface area contributed by atoms with Gasteiger partial charge < -0.3 is 9.47 Å². The molecular formula is C20H20FN3O5S2. The number of nitrogens with zero attached hydrogens (tertiary/aromatic N) is 2. The highest BCUT2D eigenvalue weighted by Crippen LogP contribution is 2.38. The molecule has 1 aliphatic rings. The summed E-state index contributed by atoms with van der Waals surface area (Å²) in [6.07, 6.45) is 0. The monoisotopic (exact) mass is 465 g/mol. The molecule has 0 fully saturated rings. The van der Waals surface area contributed by atoms with Crippen molar-refractivity contribution >= 4 is 42.6 Å². The molecular weight excluding hydrogens is 445 g/mol. The van der Waals surface area contributed by atoms with Crippen LogP contribution in [0, 0.1) is 5.82 Å². The Morgan fingerprint density at radius 1 is 1.16 bits per heavy atom. The van der Waals surface area contributed by atoms with Crippen LogP contribution in [0.1, 0.15) is 24.2 Å². The summed E-state index contributed by atoms with van der Waals surface area (Å²) in [6, 6.07) is 6.67. The van der Waals surface area contributed by atoms with Crippen LogP contribution in [0.15, 0.2) is 35.2 Å². The van der Waals surface area contributed by atoms with Crippen LogP contribution in [0.5, 0.6) is 11.5 Å². The average molecular weight is 466 g/mol. The van der Waals surface area contributed by atoms with Crippen molar-refractivity contribution in [2.45, 2.75) is 18.7 Å². The number of fused-ring (bicyclic) bond motifs is 2. The third-order valence-corrected chi connectivity index (χ3v) is 7.78. The molecule has 2 heterocycles. The molecule has 0 radical (unpaired) electrons. The second-order valence-electron chi connectivity index (χ2n) is 6.67. The van der Waals surface area contributed by atoms with Crippen LogP contribution in [0.3, 0.4) is 0 Å². The minimum Gasteiger partial charge on any atom is -0.486 e. The van der Waals surface area contributed by atoms with Crippen LogP contribution in [-0.2, 0) is 10.0 Å². The second kappa shape index (κ2) is 8.40. The summed E-state index contributed by atoms with van der Waals surface area (Å²) in [5.74, 6) is -0.442. The number of ether oxygens (including phenoxy) is 2. The fraction of sp³-hybridized carbons (Fsp3) is 0.300. The zero-order chi connectivity index (χ0) is 22.2. The molecule has 1 N–H and O–H groups in total. The maximum Gasteiger partial charge on any atom is 0.260 e. The van der Waals surface area contributed by atoms with Crippen molar-refractivity contribution in [3.05, 3.63) is 41.7 Å². The van der Waals surface area contributed by atoms with Crippen molar-refractivity contribution in [1.82, 2.24) is 9.29 Å². The molecule has 8 nitrogen and oxygen atoms in total. The third kappa shape index (κ3) is 4.08. The lowest BCUT2D eigenvalue weighted by Gasteiger charge is -2.18. The van der Waals surface area contributed by atoms with Crippen LogP contribution >= 0.6 is 11.3 Å². The van der Waals surface area contributed by atoms with Crippen molar-refractivity contribution < 1.29 is 27.1 Å². The van der Waals surface area contributed by atoms with E-state index in [0.717, 1.165) is 22.9 Å². The number of rotatable bonds is 6. The van der Waals surface area contributed by atoms with Crippen molar-refractivity contribution in [3.63, 3.8) is 0 Å². The molecule has 0 atom stereocenters. The first-order chi connectivity index (χ1) is 14.8. The fourth-order valence-corrected chi connectivity index (χ4v) is 5.59. The molecule has 164 valence electrons. The van der Waals surface area contributed by atoms with E-state index in [-0.39, 0.29) is 28.7 Å². The predicted octanol–water partition coefficient (Wildman–Crippen LogP) is 3.49. The summed E-state index contributed by atoms with van der Waals surface area (Å²) in [7, 11) is -3.83. The summed E-state index contributed by atoms with van der Waals surface area (Å²) in [5.41, 5.74) is 0.223. The lowest BCUT2D eigenvalue weighted by Crippen LogP contribution is -2.31. The number of thiazole rings is 1. The van der Waals surface area contributed by atoms with E-state index >= 15 is 0 Å². The number of amides is 1. The molecule has 2 aromatic carbocycles. The summed E-state index contributed by atoms with van der Waals surface area (Å²) in [5, 5.41) is 2.80. The van der Waals surface area contributed by atoms with E-state index in [1.807, 2.05) is 0 Å². The Bertz CT molecular complexity index is 1210. The average Bonchev–Trinajstić information content (AvgIpc) is 3.13. The maximum absolute atomic E-state index is 14.4. The Kier molecular flexibility index (Phi) is 5.82. The van der Waals surface area contributed by atoms with E-state index < -0.39 is 21.7 Å². The van der Waals surface area contributed by atoms with Gasteiger partial charge in [0.05, 0.1) is 20.7 Å². The Balaban J connectivity index is 1.63. The number of hydrogen-bond donors (Lipinski definition) is 1. The van der Waals surface area contributed by atoms with E-state index in [1.54, 1.807) is 26.0 Å². The van der Waals surface area contributed by atoms with E-state index in [2.05, 4.69) is 10.3 Å². The zero-order valence-corrected chi connectivity index (χ0v) is 18.5. The molecule has 1 aromatic heterocycles. The number of carbonyl (C=O) groups is 1. The smallest absolute Gasteiger partial charge is 0.260 e. The van der Waals surface area contributed by atoms with Crippen LogP contribution in [-0.4, -0.2) is 49.9 Å². The lowest BCUT2D eigenvalue weighted by atomic mass is 10.2. The van der Waals surface area contributed by atoms with Crippen LogP contribution < -0.4 is 14.8 Å². The number of hydrogen-bond acceptors (Lipinski definition) is 7. The van der Waals surface area contributed by atoms with Gasteiger partial charge in [0.2, 0.25) is 10.0 Å². The highest BCUT2D eigenvalue weighted by Gasteiger charge is 2.25. The van der Waals surface area contributed by atoms with E-state index in [0.29, 0.717) is 30.2 Å². The number of halogens is 1. The predicted molar refractivity (Wildman–Crippen MR) is 115 cm³/mol. The molecule has 3 aromatic rings. The summed E-state index contributed by atoms with van der Waals surface area (Å²) in [6.45, 7) is 4.84. The normalized spacial score (nSPS) is 13.5. The molecule has 0 unspecified atom stereocenters. The molecule has 0 saturated carbocycles. The molecule has 1 aliphatic heterocycles. The van der Waals surface area contributed by atoms with Crippen LogP contribution in [0.4, 0.5) is 9.52 Å². The largest absolute Gasteiger partial charge is 0.486 e. The van der Waals surface area contributed by atoms with Gasteiger partial charge in [-0.1, -0.05) is 25.2 Å². The van der Waals surface area contributed by atoms with E-state index in [1.165, 1.54) is 15.6 Å². The van der Waals surface area contributed by atoms with Gasteiger partial charge in [-0.3, -0.25) is 10.1 Å². The first-order valence-electron chi connectivity index (χ1n) is 9.64. The molecule has 1 amide bonds. The van der Waals surface area contributed by atoms with Gasteiger partial charge in [0.1, 0.15) is 19.0 Å². The van der Waals surface area contributed by atoms with Gasteiger partial charge in [0.15, 0.2) is 16.6 Å². The standard InChI is InChI=1S/C20H20FN3O5S2/c1-3-24(4-2)31(26,27)12-5-6-14(21)13(9-12)19(25)23-20-22-15-10-16-17(11-18(15)30-20)29-8-7-28-16/h5-6,9-11H,3-4,7-8H2,1-2H3,(H,22,23,25). The maximum atomic E-state index is 14.4. The summed E-state index contributed by atoms with van der Waals surface area (Å²) < 4.78 is 52.9. The molecule has 4 rings (SSSR count). The fourth-order valence-electron chi connectivity index (χ4n) is 3.23. The van der Waals surface area contributed by atoms with Crippen LogP contribution in [0.25, 0.3) is 10.2 Å². The lowest BCUT2D eigenvalue weighted by molar-refractivity contribution is 0.102. The Morgan fingerprint density at radius 2 is 1.84 bits per heavy atom. The number of nitrogens with one attached hydrogen (secondary N) is 1. The number of sulfonamides is 1. The molecule has 0 aliphatic carbocycles. The van der Waals surface area contributed by atoms with Crippen molar-refractivity contribution in [3.8, 4) is 11.5 Å². The second-order valence-corrected chi connectivity index (χ2v) is 9.64. The minimum absolute atomic E-state index is 0.144. The van der Waals surface area contributed by atoms with Gasteiger partial charge in [-0.05, 0) is 18.2 Å². The number of aromatic nitrogens is 1. The first-order valence-corrected chi connectivity index (χ1v) is 11.9. The topological polar surface area (TPSA) is 97.8 Å². The molecule has 31 heavy (non-hydrogen) atoms. The molecule has 11 heteroatoms. The van der Waals surface area contributed by atoms with Crippen molar-refractivity contribution in [2.24, 2.45) is 0 Å². The third-order valence-electron chi connectivity index (χ3n) is 4.80. The van der Waals surface area contributed by atoms with Crippen molar-refractivity contribution in [1.29, 1.82) is 0 Å². The Hall–Kier alpha value is -2.76. The van der Waals surface area contributed by atoms with Gasteiger partial charge in [-0.2, -0.15) is 4.31 Å².